The number of halogens is 5. The van der Waals surface area contributed by atoms with Gasteiger partial charge in [-0.3, -0.25) is 0 Å². The van der Waals surface area contributed by atoms with Gasteiger partial charge < -0.3 is 4.74 Å². The van der Waals surface area contributed by atoms with Gasteiger partial charge in [0, 0.05) is 7.11 Å². The summed E-state index contributed by atoms with van der Waals surface area (Å²) in [4.78, 5) is 0. The van der Waals surface area contributed by atoms with Crippen molar-refractivity contribution >= 4 is 11.6 Å². The van der Waals surface area contributed by atoms with Crippen LogP contribution in [0.4, 0.5) is 17.6 Å². The van der Waals surface area contributed by atoms with Gasteiger partial charge in [0.2, 0.25) is 0 Å². The summed E-state index contributed by atoms with van der Waals surface area (Å²) in [6.07, 6.45) is 11.7. The van der Waals surface area contributed by atoms with Crippen LogP contribution in [0.5, 0.6) is 0 Å². The Morgan fingerprint density at radius 1 is 0.727 bits per heavy atom. The van der Waals surface area contributed by atoms with Gasteiger partial charge in [-0.05, 0) is 105 Å². The normalized spacial score (nSPS) is 25.9. The summed E-state index contributed by atoms with van der Waals surface area (Å²) in [5, 5.41) is -0.685. The third-order valence-corrected chi connectivity index (χ3v) is 8.13. The van der Waals surface area contributed by atoms with Crippen molar-refractivity contribution in [2.24, 2.45) is 11.8 Å². The first-order valence-electron chi connectivity index (χ1n) is 12.0. The van der Waals surface area contributed by atoms with E-state index in [4.69, 9.17) is 16.3 Å². The van der Waals surface area contributed by atoms with Crippen molar-refractivity contribution < 1.29 is 22.3 Å². The minimum atomic E-state index is -1.04. The Hall–Kier alpha value is -1.59. The van der Waals surface area contributed by atoms with E-state index in [0.29, 0.717) is 17.6 Å². The molecule has 2 saturated carbocycles. The molecule has 0 N–H and O–H groups in total. The van der Waals surface area contributed by atoms with Crippen LogP contribution in [0.3, 0.4) is 0 Å². The number of hydrogen-bond acceptors (Lipinski definition) is 1. The summed E-state index contributed by atoms with van der Waals surface area (Å²) < 4.78 is 62.7. The molecule has 2 fully saturated rings. The Balaban J connectivity index is 1.35. The predicted octanol–water partition coefficient (Wildman–Crippen LogP) is 8.82. The van der Waals surface area contributed by atoms with Crippen LogP contribution in [0.2, 0.25) is 5.02 Å². The highest BCUT2D eigenvalue weighted by Gasteiger charge is 2.27. The Morgan fingerprint density at radius 2 is 1.21 bits per heavy atom. The van der Waals surface area contributed by atoms with E-state index in [1.165, 1.54) is 37.8 Å². The molecule has 6 heteroatoms. The lowest BCUT2D eigenvalue weighted by atomic mass is 9.75. The monoisotopic (exact) mass is 482 g/mol. The zero-order valence-electron chi connectivity index (χ0n) is 19.0. The third kappa shape index (κ3) is 5.74. The molecule has 0 unspecified atom stereocenters. The molecule has 0 radical (unpaired) electrons. The molecule has 0 saturated heterocycles. The van der Waals surface area contributed by atoms with Crippen molar-refractivity contribution in [2.75, 3.05) is 7.11 Å². The lowest BCUT2D eigenvalue weighted by Crippen LogP contribution is -2.21. The lowest BCUT2D eigenvalue weighted by molar-refractivity contribution is 0.0541. The minimum absolute atomic E-state index is 0.107. The van der Waals surface area contributed by atoms with Crippen molar-refractivity contribution in [3.63, 3.8) is 0 Å². The number of rotatable bonds is 6. The van der Waals surface area contributed by atoms with E-state index in [0.717, 1.165) is 56.6 Å². The standard InChI is InChI=1S/C27H31ClF4O/c1-33-21-10-6-17(7-11-21)3-2-16-4-8-18(9-5-16)19-12-22(29)26(23(30)13-19)20-14-24(31)27(28)25(32)15-20/h12-18,21H,2-11H2,1H3/t16?,17-,18?,21-. The Kier molecular flexibility index (Phi) is 8.01. The van der Waals surface area contributed by atoms with E-state index in [2.05, 4.69) is 0 Å². The van der Waals surface area contributed by atoms with Gasteiger partial charge in [0.05, 0.1) is 11.7 Å². The van der Waals surface area contributed by atoms with Crippen LogP contribution in [-0.4, -0.2) is 13.2 Å². The fourth-order valence-electron chi connectivity index (χ4n) is 5.72. The number of methoxy groups -OCH3 is 1. The topological polar surface area (TPSA) is 9.23 Å². The first-order valence-corrected chi connectivity index (χ1v) is 12.4. The van der Waals surface area contributed by atoms with Crippen molar-refractivity contribution in [1.29, 1.82) is 0 Å². The maximum Gasteiger partial charge on any atom is 0.145 e. The maximum atomic E-state index is 14.8. The summed E-state index contributed by atoms with van der Waals surface area (Å²) in [6, 6.07) is 4.36. The molecule has 2 aromatic carbocycles. The fourth-order valence-corrected chi connectivity index (χ4v) is 5.83. The van der Waals surface area contributed by atoms with Gasteiger partial charge >= 0.3 is 0 Å². The summed E-state index contributed by atoms with van der Waals surface area (Å²) >= 11 is 5.49. The van der Waals surface area contributed by atoms with Crippen molar-refractivity contribution in [1.82, 2.24) is 0 Å². The van der Waals surface area contributed by atoms with Gasteiger partial charge in [-0.2, -0.15) is 0 Å². The molecule has 2 aliphatic carbocycles. The molecule has 0 heterocycles. The maximum absolute atomic E-state index is 14.8. The van der Waals surface area contributed by atoms with E-state index >= 15 is 0 Å². The fraction of sp³-hybridized carbons (Fsp3) is 0.556. The first-order chi connectivity index (χ1) is 15.9. The molecule has 0 aliphatic heterocycles. The van der Waals surface area contributed by atoms with E-state index in [1.807, 2.05) is 0 Å². The number of benzene rings is 2. The van der Waals surface area contributed by atoms with Gasteiger partial charge in [0.25, 0.3) is 0 Å². The second-order valence-electron chi connectivity index (χ2n) is 9.79. The highest BCUT2D eigenvalue weighted by molar-refractivity contribution is 6.31. The quantitative estimate of drug-likeness (QED) is 0.295. The number of ether oxygens (including phenoxy) is 1. The van der Waals surface area contributed by atoms with Crippen LogP contribution < -0.4 is 0 Å². The van der Waals surface area contributed by atoms with E-state index in [9.17, 15) is 17.6 Å². The zero-order valence-corrected chi connectivity index (χ0v) is 19.7. The molecule has 0 atom stereocenters. The average molecular weight is 483 g/mol. The molecule has 0 bridgehead atoms. The zero-order chi connectivity index (χ0) is 23.5. The second-order valence-corrected chi connectivity index (χ2v) is 10.2. The molecule has 0 amide bonds. The third-order valence-electron chi connectivity index (χ3n) is 7.77. The molecule has 33 heavy (non-hydrogen) atoms. The van der Waals surface area contributed by atoms with Crippen LogP contribution in [0.1, 0.15) is 75.7 Å². The second kappa shape index (κ2) is 10.8. The van der Waals surface area contributed by atoms with Gasteiger partial charge in [0.15, 0.2) is 0 Å². The van der Waals surface area contributed by atoms with Crippen LogP contribution in [0.15, 0.2) is 24.3 Å². The van der Waals surface area contributed by atoms with Crippen LogP contribution in [-0.2, 0) is 4.74 Å². The highest BCUT2D eigenvalue weighted by Crippen LogP contribution is 2.41. The van der Waals surface area contributed by atoms with Crippen LogP contribution >= 0.6 is 11.6 Å². The lowest BCUT2D eigenvalue weighted by Gasteiger charge is -2.32. The molecular weight excluding hydrogens is 452 g/mol. The summed E-state index contributed by atoms with van der Waals surface area (Å²) in [7, 11) is 1.80. The summed E-state index contributed by atoms with van der Waals surface area (Å²) in [5.41, 5.74) is 0.00397. The molecular formula is C27H31ClF4O. The van der Waals surface area contributed by atoms with Crippen LogP contribution in [0.25, 0.3) is 11.1 Å². The first kappa shape index (κ1) is 24.5. The van der Waals surface area contributed by atoms with E-state index < -0.39 is 33.9 Å². The van der Waals surface area contributed by atoms with Gasteiger partial charge in [-0.25, -0.2) is 17.6 Å². The molecule has 180 valence electrons. The van der Waals surface area contributed by atoms with Gasteiger partial charge in [-0.15, -0.1) is 0 Å². The average Bonchev–Trinajstić information content (AvgIpc) is 2.81. The largest absolute Gasteiger partial charge is 0.381 e. The van der Waals surface area contributed by atoms with Crippen molar-refractivity contribution in [3.8, 4) is 11.1 Å². The molecule has 1 nitrogen and oxygen atoms in total. The molecule has 4 rings (SSSR count). The SMILES string of the molecule is CO[C@H]1CC[C@H](CCC2CCC(c3cc(F)c(-c4cc(F)c(Cl)c(F)c4)c(F)c3)CC2)CC1. The molecule has 2 aromatic rings. The number of hydrogen-bond donors (Lipinski definition) is 0. The van der Waals surface area contributed by atoms with Crippen LogP contribution in [0, 0.1) is 35.1 Å². The smallest absolute Gasteiger partial charge is 0.145 e. The van der Waals surface area contributed by atoms with Crippen molar-refractivity contribution in [2.45, 2.75) is 76.2 Å². The van der Waals surface area contributed by atoms with Gasteiger partial charge in [0.1, 0.15) is 28.3 Å². The summed E-state index contributed by atoms with van der Waals surface area (Å²) in [5.74, 6) is -2.11. The summed E-state index contributed by atoms with van der Waals surface area (Å²) in [6.45, 7) is 0. The van der Waals surface area contributed by atoms with Crippen molar-refractivity contribution in [3.05, 3.63) is 58.1 Å². The molecule has 0 aromatic heterocycles. The molecule has 0 spiro atoms. The minimum Gasteiger partial charge on any atom is -0.381 e. The van der Waals surface area contributed by atoms with Gasteiger partial charge in [-0.1, -0.05) is 24.4 Å². The van der Waals surface area contributed by atoms with E-state index in [-0.39, 0.29) is 11.5 Å². The predicted molar refractivity (Wildman–Crippen MR) is 123 cm³/mol. The Morgan fingerprint density at radius 3 is 1.70 bits per heavy atom. The highest BCUT2D eigenvalue weighted by atomic mass is 35.5. The Labute approximate surface area is 198 Å². The van der Waals surface area contributed by atoms with E-state index in [1.54, 1.807) is 7.11 Å². The molecule has 2 aliphatic rings. The Bertz CT molecular complexity index is 917.